The van der Waals surface area contributed by atoms with E-state index in [1.165, 1.54) is 12.1 Å². The molecule has 1 nitrogen and oxygen atoms in total. The molecule has 1 aromatic carbocycles. The maximum atomic E-state index is 13.3. The number of halogens is 2. The number of hydrogen-bond acceptors (Lipinski definition) is 1. The second-order valence-electron chi connectivity index (χ2n) is 5.86. The molecule has 0 heterocycles. The van der Waals surface area contributed by atoms with Crippen LogP contribution in [-0.2, 0) is 0 Å². The van der Waals surface area contributed by atoms with Crippen LogP contribution in [0.15, 0.2) is 18.2 Å². The Morgan fingerprint density at radius 3 is 2.44 bits per heavy atom. The van der Waals surface area contributed by atoms with Gasteiger partial charge in [-0.3, -0.25) is 0 Å². The molecule has 1 rings (SSSR count). The zero-order chi connectivity index (χ0) is 13.9. The molecule has 0 aromatic heterocycles. The van der Waals surface area contributed by atoms with Crippen molar-refractivity contribution >= 4 is 11.6 Å². The van der Waals surface area contributed by atoms with Crippen LogP contribution >= 0.6 is 11.6 Å². The molecule has 0 bridgehead atoms. The van der Waals surface area contributed by atoms with E-state index >= 15 is 0 Å². The first kappa shape index (κ1) is 15.3. The summed E-state index contributed by atoms with van der Waals surface area (Å²) in [4.78, 5) is 0. The van der Waals surface area contributed by atoms with Crippen molar-refractivity contribution in [2.24, 2.45) is 11.3 Å². The molecule has 3 heteroatoms. The van der Waals surface area contributed by atoms with Crippen molar-refractivity contribution in [3.05, 3.63) is 29.6 Å². The van der Waals surface area contributed by atoms with Gasteiger partial charge in [-0.1, -0.05) is 27.7 Å². The van der Waals surface area contributed by atoms with Crippen LogP contribution in [0.4, 0.5) is 4.39 Å². The fourth-order valence-corrected chi connectivity index (χ4v) is 2.18. The summed E-state index contributed by atoms with van der Waals surface area (Å²) in [5.74, 6) is 0.811. The van der Waals surface area contributed by atoms with Crippen LogP contribution in [0.5, 0.6) is 5.75 Å². The monoisotopic (exact) mass is 272 g/mol. The maximum Gasteiger partial charge on any atom is 0.123 e. The molecule has 0 spiro atoms. The number of ether oxygens (including phenoxy) is 1. The second kappa shape index (κ2) is 5.92. The van der Waals surface area contributed by atoms with Gasteiger partial charge in [0.05, 0.1) is 12.5 Å². The van der Waals surface area contributed by atoms with Gasteiger partial charge in [-0.05, 0) is 36.0 Å². The Morgan fingerprint density at radius 2 is 1.94 bits per heavy atom. The Hall–Kier alpha value is -0.760. The molecule has 0 aliphatic heterocycles. The summed E-state index contributed by atoms with van der Waals surface area (Å²) in [6, 6.07) is 4.48. The van der Waals surface area contributed by atoms with E-state index in [1.807, 2.05) is 0 Å². The summed E-state index contributed by atoms with van der Waals surface area (Å²) in [6.45, 7) is 8.72. The van der Waals surface area contributed by atoms with E-state index in [1.54, 1.807) is 13.2 Å². The molecule has 0 saturated carbocycles. The topological polar surface area (TPSA) is 9.23 Å². The lowest BCUT2D eigenvalue weighted by molar-refractivity contribution is 0.244. The average molecular weight is 273 g/mol. The molecular formula is C15H22ClFO. The molecule has 2 atom stereocenters. The standard InChI is InChI=1S/C15H22ClFO/c1-10(15(2,3)4)8-13(16)12-9-11(17)6-7-14(12)18-5/h6-7,9-10,13H,8H2,1-5H3. The van der Waals surface area contributed by atoms with Crippen LogP contribution in [0.2, 0.25) is 0 Å². The van der Waals surface area contributed by atoms with Crippen LogP contribution in [0.3, 0.4) is 0 Å². The van der Waals surface area contributed by atoms with Crippen LogP contribution in [0.25, 0.3) is 0 Å². The molecule has 2 unspecified atom stereocenters. The van der Waals surface area contributed by atoms with Crippen LogP contribution in [0.1, 0.15) is 45.1 Å². The van der Waals surface area contributed by atoms with Crippen LogP contribution in [0, 0.1) is 17.2 Å². The van der Waals surface area contributed by atoms with Crippen molar-refractivity contribution in [2.75, 3.05) is 7.11 Å². The SMILES string of the molecule is COc1ccc(F)cc1C(Cl)CC(C)C(C)(C)C. The third-order valence-corrected chi connectivity index (χ3v) is 3.98. The third-order valence-electron chi connectivity index (χ3n) is 3.57. The van der Waals surface area contributed by atoms with E-state index in [0.29, 0.717) is 11.7 Å². The smallest absolute Gasteiger partial charge is 0.123 e. The Bertz CT molecular complexity index is 398. The number of hydrogen-bond donors (Lipinski definition) is 0. The third kappa shape index (κ3) is 3.88. The fraction of sp³-hybridized carbons (Fsp3) is 0.600. The predicted octanol–water partition coefficient (Wildman–Crippen LogP) is 5.19. The summed E-state index contributed by atoms with van der Waals surface area (Å²) < 4.78 is 18.5. The van der Waals surface area contributed by atoms with Gasteiger partial charge in [-0.15, -0.1) is 11.6 Å². The van der Waals surface area contributed by atoms with Crippen molar-refractivity contribution in [3.8, 4) is 5.75 Å². The zero-order valence-electron chi connectivity index (χ0n) is 11.8. The van der Waals surface area contributed by atoms with Gasteiger partial charge in [0.2, 0.25) is 0 Å². The van der Waals surface area contributed by atoms with Gasteiger partial charge < -0.3 is 4.74 Å². The Labute approximate surface area is 114 Å². The Balaban J connectivity index is 2.90. The second-order valence-corrected chi connectivity index (χ2v) is 6.38. The Morgan fingerprint density at radius 1 is 1.33 bits per heavy atom. The number of benzene rings is 1. The highest BCUT2D eigenvalue weighted by Crippen LogP contribution is 2.39. The van der Waals surface area contributed by atoms with E-state index < -0.39 is 0 Å². The highest BCUT2D eigenvalue weighted by atomic mass is 35.5. The number of rotatable bonds is 4. The first-order valence-corrected chi connectivity index (χ1v) is 6.67. The molecular weight excluding hydrogens is 251 g/mol. The lowest BCUT2D eigenvalue weighted by Crippen LogP contribution is -2.18. The van der Waals surface area contributed by atoms with Crippen molar-refractivity contribution in [1.82, 2.24) is 0 Å². The quantitative estimate of drug-likeness (QED) is 0.686. The molecule has 0 aliphatic rings. The highest BCUT2D eigenvalue weighted by Gasteiger charge is 2.25. The molecule has 102 valence electrons. The molecule has 0 aliphatic carbocycles. The van der Waals surface area contributed by atoms with Crippen molar-refractivity contribution in [3.63, 3.8) is 0 Å². The summed E-state index contributed by atoms with van der Waals surface area (Å²) in [5.41, 5.74) is 0.920. The lowest BCUT2D eigenvalue weighted by Gasteiger charge is -2.29. The molecule has 18 heavy (non-hydrogen) atoms. The van der Waals surface area contributed by atoms with E-state index in [9.17, 15) is 4.39 Å². The Kier molecular flexibility index (Phi) is 5.03. The van der Waals surface area contributed by atoms with E-state index in [2.05, 4.69) is 27.7 Å². The van der Waals surface area contributed by atoms with Gasteiger partial charge >= 0.3 is 0 Å². The maximum absolute atomic E-state index is 13.3. The normalized spacial score (nSPS) is 15.3. The zero-order valence-corrected chi connectivity index (χ0v) is 12.5. The molecule has 0 amide bonds. The van der Waals surface area contributed by atoms with Crippen molar-refractivity contribution in [1.29, 1.82) is 0 Å². The first-order valence-electron chi connectivity index (χ1n) is 6.23. The average Bonchev–Trinajstić information content (AvgIpc) is 2.27. The van der Waals surface area contributed by atoms with Crippen LogP contribution in [-0.4, -0.2) is 7.11 Å². The first-order chi connectivity index (χ1) is 8.25. The van der Waals surface area contributed by atoms with Gasteiger partial charge in [0, 0.05) is 5.56 Å². The summed E-state index contributed by atoms with van der Waals surface area (Å²) in [7, 11) is 1.58. The van der Waals surface area contributed by atoms with Crippen molar-refractivity contribution in [2.45, 2.75) is 39.5 Å². The molecule has 0 radical (unpaired) electrons. The number of methoxy groups -OCH3 is 1. The van der Waals surface area contributed by atoms with Gasteiger partial charge in [0.1, 0.15) is 11.6 Å². The van der Waals surface area contributed by atoms with Gasteiger partial charge in [0.25, 0.3) is 0 Å². The van der Waals surface area contributed by atoms with Crippen molar-refractivity contribution < 1.29 is 9.13 Å². The lowest BCUT2D eigenvalue weighted by atomic mass is 9.79. The largest absolute Gasteiger partial charge is 0.496 e. The van der Waals surface area contributed by atoms with Crippen LogP contribution < -0.4 is 4.74 Å². The van der Waals surface area contributed by atoms with E-state index in [0.717, 1.165) is 12.0 Å². The van der Waals surface area contributed by atoms with Gasteiger partial charge in [-0.25, -0.2) is 4.39 Å². The summed E-state index contributed by atoms with van der Waals surface area (Å²) >= 11 is 6.42. The summed E-state index contributed by atoms with van der Waals surface area (Å²) in [6.07, 6.45) is 0.796. The fourth-order valence-electron chi connectivity index (χ4n) is 1.74. The molecule has 0 N–H and O–H groups in total. The predicted molar refractivity (Wildman–Crippen MR) is 74.8 cm³/mol. The highest BCUT2D eigenvalue weighted by molar-refractivity contribution is 6.21. The minimum Gasteiger partial charge on any atom is -0.496 e. The molecule has 0 saturated heterocycles. The van der Waals surface area contributed by atoms with E-state index in [4.69, 9.17) is 16.3 Å². The van der Waals surface area contributed by atoms with Gasteiger partial charge in [0.15, 0.2) is 0 Å². The van der Waals surface area contributed by atoms with Gasteiger partial charge in [-0.2, -0.15) is 0 Å². The van der Waals surface area contributed by atoms with E-state index in [-0.39, 0.29) is 16.6 Å². The molecule has 0 fully saturated rings. The minimum atomic E-state index is -0.278. The summed E-state index contributed by atoms with van der Waals surface area (Å²) in [5, 5.41) is -0.232. The minimum absolute atomic E-state index is 0.188. The number of alkyl halides is 1. The molecule has 1 aromatic rings.